The number of aromatic hydroxyl groups is 1. The third-order valence-electron chi connectivity index (χ3n) is 6.24. The number of nitrogens with zero attached hydrogens (tertiary/aromatic N) is 6. The van der Waals surface area contributed by atoms with Gasteiger partial charge in [0.15, 0.2) is 11.6 Å². The van der Waals surface area contributed by atoms with Gasteiger partial charge in [-0.2, -0.15) is 0 Å². The zero-order valence-corrected chi connectivity index (χ0v) is 16.7. The van der Waals surface area contributed by atoms with Gasteiger partial charge in [-0.15, -0.1) is 10.2 Å². The number of piperidine rings is 1. The van der Waals surface area contributed by atoms with Crippen LogP contribution in [-0.2, 0) is 7.05 Å². The second kappa shape index (κ2) is 6.98. The van der Waals surface area contributed by atoms with E-state index < -0.39 is 6.17 Å². The molecule has 30 heavy (non-hydrogen) atoms. The number of benzene rings is 1. The summed E-state index contributed by atoms with van der Waals surface area (Å²) in [5.41, 5.74) is 0.504. The summed E-state index contributed by atoms with van der Waals surface area (Å²) in [6.45, 7) is 0. The van der Waals surface area contributed by atoms with Crippen molar-refractivity contribution in [3.8, 4) is 17.1 Å². The van der Waals surface area contributed by atoms with Gasteiger partial charge >= 0.3 is 0 Å². The molecule has 5 rings (SSSR count). The number of halogens is 1. The molecular weight excluding hydrogens is 389 g/mol. The van der Waals surface area contributed by atoms with Crippen molar-refractivity contribution in [2.45, 2.75) is 43.6 Å². The van der Waals surface area contributed by atoms with Crippen LogP contribution in [0.4, 0.5) is 10.2 Å². The third-order valence-corrected chi connectivity index (χ3v) is 6.24. The maximum Gasteiger partial charge on any atom is 0.261 e. The Kier molecular flexibility index (Phi) is 4.39. The normalized spacial score (nSPS) is 25.6. The molecule has 2 fully saturated rings. The molecule has 2 aromatic heterocycles. The number of fused-ring (bicyclic) bond motifs is 3. The van der Waals surface area contributed by atoms with E-state index in [2.05, 4.69) is 25.5 Å². The number of nitrogens with one attached hydrogen (secondary N) is 1. The SMILES string of the molecule is CN(c1cnc(-c2cc3ncn(C)c(=O)c3cc2O)nn1)[C@@H]1C[C@H]2CC[C@H](N2)[C@@H]1F. The Hall–Kier alpha value is -3.14. The van der Waals surface area contributed by atoms with E-state index in [0.717, 1.165) is 12.8 Å². The Morgan fingerprint density at radius 1 is 1.27 bits per heavy atom. The molecule has 2 N–H and O–H groups in total. The summed E-state index contributed by atoms with van der Waals surface area (Å²) in [4.78, 5) is 22.6. The second-order valence-electron chi connectivity index (χ2n) is 8.09. The molecule has 0 unspecified atom stereocenters. The topological polar surface area (TPSA) is 109 Å². The van der Waals surface area contributed by atoms with Crippen LogP contribution in [-0.4, -0.2) is 61.2 Å². The average Bonchev–Trinajstić information content (AvgIpc) is 3.17. The molecule has 156 valence electrons. The molecule has 0 spiro atoms. The third kappa shape index (κ3) is 2.98. The highest BCUT2D eigenvalue weighted by Gasteiger charge is 2.43. The smallest absolute Gasteiger partial charge is 0.261 e. The number of phenols is 1. The van der Waals surface area contributed by atoms with Gasteiger partial charge in [0.1, 0.15) is 11.9 Å². The van der Waals surface area contributed by atoms with Crippen molar-refractivity contribution in [3.05, 3.63) is 35.0 Å². The van der Waals surface area contributed by atoms with Gasteiger partial charge in [-0.1, -0.05) is 0 Å². The van der Waals surface area contributed by atoms with Crippen molar-refractivity contribution in [2.24, 2.45) is 7.05 Å². The maximum absolute atomic E-state index is 14.8. The zero-order valence-electron chi connectivity index (χ0n) is 16.7. The van der Waals surface area contributed by atoms with Crippen LogP contribution >= 0.6 is 0 Å². The van der Waals surface area contributed by atoms with E-state index in [0.29, 0.717) is 34.7 Å². The van der Waals surface area contributed by atoms with Gasteiger partial charge in [0, 0.05) is 26.2 Å². The van der Waals surface area contributed by atoms with Crippen molar-refractivity contribution >= 4 is 16.7 Å². The lowest BCUT2D eigenvalue weighted by Gasteiger charge is -2.38. The quantitative estimate of drug-likeness (QED) is 0.661. The molecule has 2 saturated heterocycles. The molecular formula is C20H22FN7O2. The molecule has 0 aliphatic carbocycles. The first kappa shape index (κ1) is 18.9. The predicted octanol–water partition coefficient (Wildman–Crippen LogP) is 1.16. The lowest BCUT2D eigenvalue weighted by Crippen LogP contribution is -2.55. The molecule has 10 heteroatoms. The maximum atomic E-state index is 14.8. The molecule has 9 nitrogen and oxygen atoms in total. The lowest BCUT2D eigenvalue weighted by atomic mass is 9.96. The second-order valence-corrected chi connectivity index (χ2v) is 8.09. The molecule has 2 aliphatic rings. The fourth-order valence-electron chi connectivity index (χ4n) is 4.50. The minimum Gasteiger partial charge on any atom is -0.507 e. The molecule has 3 aromatic rings. The zero-order chi connectivity index (χ0) is 21.0. The summed E-state index contributed by atoms with van der Waals surface area (Å²) in [6, 6.07) is 2.88. The standard InChI is InChI=1S/C20H22FN7O2/c1-27-9-23-14-6-12(16(29)7-11(14)20(27)30)19-22-8-17(25-26-19)28(2)15-5-10-3-4-13(24-10)18(15)21/h6-10,13,15,18,24,29H,3-5H2,1-2H3/t10-,13+,15-,18+/m1/s1. The Labute approximate surface area is 171 Å². The molecule has 0 saturated carbocycles. The van der Waals surface area contributed by atoms with Gasteiger partial charge in [-0.05, 0) is 31.4 Å². The Bertz CT molecular complexity index is 1170. The molecule has 1 aromatic carbocycles. The van der Waals surface area contributed by atoms with E-state index in [9.17, 15) is 14.3 Å². The number of hydrogen-bond donors (Lipinski definition) is 2. The number of phenolic OH excluding ortho intramolecular Hbond substituents is 1. The van der Waals surface area contributed by atoms with Crippen LogP contribution in [0, 0.1) is 0 Å². The van der Waals surface area contributed by atoms with Gasteiger partial charge in [-0.25, -0.2) is 14.4 Å². The first-order chi connectivity index (χ1) is 14.4. The van der Waals surface area contributed by atoms with Crippen molar-refractivity contribution < 1.29 is 9.50 Å². The number of anilines is 1. The molecule has 0 amide bonds. The summed E-state index contributed by atoms with van der Waals surface area (Å²) < 4.78 is 16.2. The molecule has 2 aliphatic heterocycles. The van der Waals surface area contributed by atoms with Crippen molar-refractivity contribution in [1.82, 2.24) is 30.0 Å². The Morgan fingerprint density at radius 2 is 2.10 bits per heavy atom. The fraction of sp³-hybridized carbons (Fsp3) is 0.450. The Morgan fingerprint density at radius 3 is 2.87 bits per heavy atom. The van der Waals surface area contributed by atoms with E-state index >= 15 is 0 Å². The summed E-state index contributed by atoms with van der Waals surface area (Å²) in [5.74, 6) is 0.547. The molecule has 2 bridgehead atoms. The highest BCUT2D eigenvalue weighted by atomic mass is 19.1. The summed E-state index contributed by atoms with van der Waals surface area (Å²) in [5, 5.41) is 22.4. The van der Waals surface area contributed by atoms with Crippen LogP contribution in [0.2, 0.25) is 0 Å². The van der Waals surface area contributed by atoms with E-state index in [1.807, 2.05) is 0 Å². The molecule has 4 atom stereocenters. The molecule has 4 heterocycles. The van der Waals surface area contributed by atoms with E-state index in [1.165, 1.54) is 23.2 Å². The van der Waals surface area contributed by atoms with Crippen molar-refractivity contribution in [2.75, 3.05) is 11.9 Å². The van der Waals surface area contributed by atoms with Gasteiger partial charge in [-0.3, -0.25) is 4.79 Å². The average molecular weight is 411 g/mol. The fourth-order valence-corrected chi connectivity index (χ4v) is 4.50. The number of hydrogen-bond acceptors (Lipinski definition) is 8. The highest BCUT2D eigenvalue weighted by molar-refractivity contribution is 5.85. The van der Waals surface area contributed by atoms with Crippen LogP contribution in [0.3, 0.4) is 0 Å². The minimum absolute atomic E-state index is 0.105. The number of aromatic nitrogens is 5. The van der Waals surface area contributed by atoms with Crippen LogP contribution in [0.5, 0.6) is 5.75 Å². The summed E-state index contributed by atoms with van der Waals surface area (Å²) in [7, 11) is 3.40. The van der Waals surface area contributed by atoms with Gasteiger partial charge in [0.2, 0.25) is 0 Å². The van der Waals surface area contributed by atoms with Crippen LogP contribution in [0.1, 0.15) is 19.3 Å². The van der Waals surface area contributed by atoms with Gasteiger partial charge in [0.25, 0.3) is 5.56 Å². The number of aryl methyl sites for hydroxylation is 1. The van der Waals surface area contributed by atoms with E-state index in [4.69, 9.17) is 0 Å². The van der Waals surface area contributed by atoms with E-state index in [-0.39, 0.29) is 29.2 Å². The summed E-state index contributed by atoms with van der Waals surface area (Å²) >= 11 is 0. The van der Waals surface area contributed by atoms with Crippen molar-refractivity contribution in [1.29, 1.82) is 0 Å². The van der Waals surface area contributed by atoms with Crippen LogP contribution < -0.4 is 15.8 Å². The summed E-state index contributed by atoms with van der Waals surface area (Å²) in [6.07, 6.45) is 4.54. The molecule has 0 radical (unpaired) electrons. The highest BCUT2D eigenvalue weighted by Crippen LogP contribution is 2.33. The largest absolute Gasteiger partial charge is 0.507 e. The first-order valence-electron chi connectivity index (χ1n) is 9.94. The lowest BCUT2D eigenvalue weighted by molar-refractivity contribution is 0.176. The predicted molar refractivity (Wildman–Crippen MR) is 109 cm³/mol. The van der Waals surface area contributed by atoms with Gasteiger partial charge in [0.05, 0.1) is 35.0 Å². The van der Waals surface area contributed by atoms with Crippen LogP contribution in [0.25, 0.3) is 22.3 Å². The van der Waals surface area contributed by atoms with Gasteiger partial charge < -0.3 is 19.9 Å². The van der Waals surface area contributed by atoms with Crippen LogP contribution in [0.15, 0.2) is 29.5 Å². The first-order valence-corrected chi connectivity index (χ1v) is 9.94. The monoisotopic (exact) mass is 411 g/mol. The number of rotatable bonds is 3. The minimum atomic E-state index is -0.978. The van der Waals surface area contributed by atoms with Crippen molar-refractivity contribution in [3.63, 3.8) is 0 Å². The number of alkyl halides is 1. The Balaban J connectivity index is 1.44. The van der Waals surface area contributed by atoms with E-state index in [1.54, 1.807) is 25.1 Å².